The zero-order valence-electron chi connectivity index (χ0n) is 12.7. The monoisotopic (exact) mass is 335 g/mol. The summed E-state index contributed by atoms with van der Waals surface area (Å²) < 4.78 is 16.7. The highest BCUT2D eigenvalue weighted by atomic mass is 32.2. The molecule has 0 aliphatic rings. The molecular weight excluding hydrogens is 321 g/mol. The minimum atomic E-state index is -0.265. The van der Waals surface area contributed by atoms with Gasteiger partial charge >= 0.3 is 0 Å². The van der Waals surface area contributed by atoms with E-state index in [1.54, 1.807) is 18.2 Å². The first-order valence-electron chi connectivity index (χ1n) is 7.52. The van der Waals surface area contributed by atoms with E-state index in [0.717, 1.165) is 27.3 Å². The van der Waals surface area contributed by atoms with Gasteiger partial charge in [-0.2, -0.15) is 0 Å². The van der Waals surface area contributed by atoms with Crippen molar-refractivity contribution in [2.24, 2.45) is 0 Å². The van der Waals surface area contributed by atoms with E-state index in [2.05, 4.69) is 14.7 Å². The van der Waals surface area contributed by atoms with Gasteiger partial charge in [0.2, 0.25) is 0 Å². The number of aromatic amines is 1. The summed E-state index contributed by atoms with van der Waals surface area (Å²) in [6.07, 6.45) is 0. The third-order valence-corrected chi connectivity index (χ3v) is 4.46. The molecule has 0 amide bonds. The molecule has 0 atom stereocenters. The molecule has 0 aliphatic carbocycles. The Kier molecular flexibility index (Phi) is 3.92. The van der Waals surface area contributed by atoms with E-state index in [0.29, 0.717) is 5.69 Å². The normalized spacial score (nSPS) is 10.9. The Morgan fingerprint density at radius 2 is 1.71 bits per heavy atom. The highest BCUT2D eigenvalue weighted by Gasteiger charge is 2.07. The van der Waals surface area contributed by atoms with Gasteiger partial charge in [0.15, 0.2) is 0 Å². The van der Waals surface area contributed by atoms with E-state index in [9.17, 15) is 4.39 Å². The largest absolute Gasteiger partial charge is 0.338 e. The van der Waals surface area contributed by atoms with Crippen molar-refractivity contribution in [3.8, 4) is 11.4 Å². The molecule has 2 N–H and O–H groups in total. The fraction of sp³-hybridized carbons (Fsp3) is 0. The summed E-state index contributed by atoms with van der Waals surface area (Å²) in [5.41, 5.74) is 3.38. The van der Waals surface area contributed by atoms with Crippen LogP contribution in [0.25, 0.3) is 22.4 Å². The average Bonchev–Trinajstić information content (AvgIpc) is 3.05. The maximum atomic E-state index is 13.6. The number of fused-ring (bicyclic) bond motifs is 1. The van der Waals surface area contributed by atoms with Gasteiger partial charge in [-0.15, -0.1) is 0 Å². The Morgan fingerprint density at radius 1 is 0.917 bits per heavy atom. The van der Waals surface area contributed by atoms with Gasteiger partial charge < -0.3 is 9.71 Å². The van der Waals surface area contributed by atoms with Gasteiger partial charge in [0.25, 0.3) is 0 Å². The summed E-state index contributed by atoms with van der Waals surface area (Å²) in [6, 6.07) is 22.6. The molecule has 4 rings (SSSR count). The van der Waals surface area contributed by atoms with Crippen LogP contribution in [0.3, 0.4) is 0 Å². The van der Waals surface area contributed by atoms with E-state index in [1.165, 1.54) is 18.0 Å². The smallest absolute Gasteiger partial charge is 0.147 e. The number of para-hydroxylation sites is 1. The predicted octanol–water partition coefficient (Wildman–Crippen LogP) is 5.49. The van der Waals surface area contributed by atoms with Crippen molar-refractivity contribution >= 4 is 28.7 Å². The first-order chi connectivity index (χ1) is 11.8. The molecule has 0 fully saturated rings. The third kappa shape index (κ3) is 2.98. The summed E-state index contributed by atoms with van der Waals surface area (Å²) >= 11 is 1.37. The molecule has 0 aliphatic heterocycles. The summed E-state index contributed by atoms with van der Waals surface area (Å²) in [7, 11) is 0. The molecule has 1 aromatic heterocycles. The van der Waals surface area contributed by atoms with Crippen molar-refractivity contribution in [1.82, 2.24) is 9.97 Å². The zero-order valence-corrected chi connectivity index (χ0v) is 13.5. The number of benzene rings is 3. The average molecular weight is 335 g/mol. The molecule has 0 saturated carbocycles. The number of rotatable bonds is 4. The molecule has 0 unspecified atom stereocenters. The number of hydrogen-bond acceptors (Lipinski definition) is 3. The van der Waals surface area contributed by atoms with Crippen molar-refractivity contribution < 1.29 is 4.39 Å². The van der Waals surface area contributed by atoms with E-state index in [-0.39, 0.29) is 5.82 Å². The van der Waals surface area contributed by atoms with Crippen LogP contribution in [0.4, 0.5) is 10.1 Å². The van der Waals surface area contributed by atoms with Crippen LogP contribution in [0.15, 0.2) is 77.7 Å². The minimum absolute atomic E-state index is 0.265. The lowest BCUT2D eigenvalue weighted by atomic mass is 10.2. The van der Waals surface area contributed by atoms with Gasteiger partial charge in [0.05, 0.1) is 16.7 Å². The first kappa shape index (κ1) is 14.8. The maximum absolute atomic E-state index is 13.6. The second-order valence-electron chi connectivity index (χ2n) is 5.31. The number of nitrogens with zero attached hydrogens (tertiary/aromatic N) is 1. The molecule has 5 heteroatoms. The van der Waals surface area contributed by atoms with Gasteiger partial charge in [-0.1, -0.05) is 42.5 Å². The summed E-state index contributed by atoms with van der Waals surface area (Å²) in [5.74, 6) is 0.578. The Balaban J connectivity index is 1.58. The third-order valence-electron chi connectivity index (χ3n) is 3.65. The Labute approximate surface area is 143 Å². The topological polar surface area (TPSA) is 40.7 Å². The van der Waals surface area contributed by atoms with Gasteiger partial charge in [-0.05, 0) is 42.3 Å². The van der Waals surface area contributed by atoms with Gasteiger partial charge in [0, 0.05) is 10.5 Å². The second-order valence-corrected chi connectivity index (χ2v) is 6.19. The molecule has 3 aromatic carbocycles. The molecule has 0 radical (unpaired) electrons. The number of imidazole rings is 1. The van der Waals surface area contributed by atoms with E-state index >= 15 is 0 Å². The van der Waals surface area contributed by atoms with Gasteiger partial charge in [-0.3, -0.25) is 0 Å². The van der Waals surface area contributed by atoms with E-state index in [1.807, 2.05) is 48.5 Å². The molecule has 24 heavy (non-hydrogen) atoms. The van der Waals surface area contributed by atoms with Crippen LogP contribution in [-0.2, 0) is 0 Å². The lowest BCUT2D eigenvalue weighted by Gasteiger charge is -2.06. The van der Waals surface area contributed by atoms with Crippen LogP contribution < -0.4 is 4.72 Å². The summed E-state index contributed by atoms with van der Waals surface area (Å²) in [6.45, 7) is 0. The lowest BCUT2D eigenvalue weighted by Crippen LogP contribution is -1.90. The van der Waals surface area contributed by atoms with Crippen LogP contribution in [0.2, 0.25) is 0 Å². The quantitative estimate of drug-likeness (QED) is 0.485. The summed E-state index contributed by atoms with van der Waals surface area (Å²) in [5, 5.41) is 0. The standard InChI is InChI=1S/C19H14FN3S/c20-15-8-4-5-9-16(15)23-24-14-10-11-17-18(12-14)22-19(21-17)13-6-2-1-3-7-13/h1-12,23H,(H,21,22). The van der Waals surface area contributed by atoms with Crippen molar-refractivity contribution in [3.05, 3.63) is 78.6 Å². The summed E-state index contributed by atoms with van der Waals surface area (Å²) in [4.78, 5) is 8.93. The number of nitrogens with one attached hydrogen (secondary N) is 2. The molecule has 4 aromatic rings. The zero-order chi connectivity index (χ0) is 16.4. The van der Waals surface area contributed by atoms with Gasteiger partial charge in [0.1, 0.15) is 11.6 Å². The van der Waals surface area contributed by atoms with Crippen molar-refractivity contribution in [1.29, 1.82) is 0 Å². The number of H-pyrrole nitrogens is 1. The molecule has 118 valence electrons. The fourth-order valence-corrected chi connectivity index (χ4v) is 3.15. The van der Waals surface area contributed by atoms with Crippen molar-refractivity contribution in [2.75, 3.05) is 4.72 Å². The molecule has 3 nitrogen and oxygen atoms in total. The predicted molar refractivity (Wildman–Crippen MR) is 97.4 cm³/mol. The molecule has 0 bridgehead atoms. The fourth-order valence-electron chi connectivity index (χ4n) is 2.44. The van der Waals surface area contributed by atoms with Crippen LogP contribution >= 0.6 is 11.9 Å². The number of anilines is 1. The van der Waals surface area contributed by atoms with E-state index in [4.69, 9.17) is 0 Å². The number of hydrogen-bond donors (Lipinski definition) is 2. The number of halogens is 1. The van der Waals surface area contributed by atoms with E-state index < -0.39 is 0 Å². The Hall–Kier alpha value is -2.79. The molecule has 0 spiro atoms. The highest BCUT2D eigenvalue weighted by molar-refractivity contribution is 8.00. The Bertz CT molecular complexity index is 982. The van der Waals surface area contributed by atoms with Crippen LogP contribution in [0, 0.1) is 5.82 Å². The Morgan fingerprint density at radius 3 is 2.54 bits per heavy atom. The second kappa shape index (κ2) is 6.37. The molecule has 0 saturated heterocycles. The van der Waals surface area contributed by atoms with Crippen LogP contribution in [0.5, 0.6) is 0 Å². The number of aromatic nitrogens is 2. The SMILES string of the molecule is Fc1ccccc1NSc1ccc2nc(-c3ccccc3)[nH]c2c1. The molecule has 1 heterocycles. The van der Waals surface area contributed by atoms with Crippen LogP contribution in [0.1, 0.15) is 0 Å². The molecular formula is C19H14FN3S. The van der Waals surface area contributed by atoms with Gasteiger partial charge in [-0.25, -0.2) is 9.37 Å². The van der Waals surface area contributed by atoms with Crippen LogP contribution in [-0.4, -0.2) is 9.97 Å². The minimum Gasteiger partial charge on any atom is -0.338 e. The maximum Gasteiger partial charge on any atom is 0.147 e. The highest BCUT2D eigenvalue weighted by Crippen LogP contribution is 2.27. The lowest BCUT2D eigenvalue weighted by molar-refractivity contribution is 0.632. The van der Waals surface area contributed by atoms with Crippen molar-refractivity contribution in [2.45, 2.75) is 4.90 Å². The first-order valence-corrected chi connectivity index (χ1v) is 8.34. The van der Waals surface area contributed by atoms with Crippen molar-refractivity contribution in [3.63, 3.8) is 0 Å².